The van der Waals surface area contributed by atoms with Crippen LogP contribution in [0.25, 0.3) is 0 Å². The lowest BCUT2D eigenvalue weighted by molar-refractivity contribution is 0.203. The van der Waals surface area contributed by atoms with Crippen molar-refractivity contribution in [1.82, 2.24) is 15.5 Å². The minimum absolute atomic E-state index is 0.0443. The van der Waals surface area contributed by atoms with Crippen molar-refractivity contribution in [3.8, 4) is 0 Å². The van der Waals surface area contributed by atoms with Crippen molar-refractivity contribution in [3.05, 3.63) is 12.7 Å². The molecular weight excluding hydrogens is 202 g/mol. The third-order valence-corrected chi connectivity index (χ3v) is 2.73. The molecule has 1 fully saturated rings. The summed E-state index contributed by atoms with van der Waals surface area (Å²) in [6.45, 7) is 10.7. The molecule has 1 aliphatic heterocycles. The van der Waals surface area contributed by atoms with Gasteiger partial charge >= 0.3 is 6.03 Å². The molecular formula is C12H23N3O. The van der Waals surface area contributed by atoms with Crippen LogP contribution in [-0.2, 0) is 0 Å². The predicted molar refractivity (Wildman–Crippen MR) is 66.5 cm³/mol. The molecule has 0 saturated carbocycles. The van der Waals surface area contributed by atoms with E-state index < -0.39 is 0 Å². The van der Waals surface area contributed by atoms with E-state index in [1.54, 1.807) is 0 Å². The number of rotatable bonds is 4. The standard InChI is InChI=1S/C12H23N3O/c1-4-7-15-8-5-11(6-9-15)14-12(16)13-10(2)3/h4,10-11H,1,5-9H2,2-3H3,(H2,13,14,16). The Kier molecular flexibility index (Phi) is 5.32. The van der Waals surface area contributed by atoms with Crippen LogP contribution in [0.3, 0.4) is 0 Å². The van der Waals surface area contributed by atoms with Gasteiger partial charge < -0.3 is 10.6 Å². The molecule has 16 heavy (non-hydrogen) atoms. The summed E-state index contributed by atoms with van der Waals surface area (Å²) in [5.74, 6) is 0. The lowest BCUT2D eigenvalue weighted by Crippen LogP contribution is -2.49. The fourth-order valence-electron chi connectivity index (χ4n) is 1.93. The molecule has 0 aromatic heterocycles. The molecule has 0 spiro atoms. The summed E-state index contributed by atoms with van der Waals surface area (Å²) >= 11 is 0. The third-order valence-electron chi connectivity index (χ3n) is 2.73. The van der Waals surface area contributed by atoms with Gasteiger partial charge in [-0.25, -0.2) is 4.79 Å². The summed E-state index contributed by atoms with van der Waals surface area (Å²) in [6, 6.07) is 0.470. The van der Waals surface area contributed by atoms with Gasteiger partial charge in [-0.1, -0.05) is 6.08 Å². The predicted octanol–water partition coefficient (Wildman–Crippen LogP) is 1.34. The average molecular weight is 225 g/mol. The number of nitrogens with one attached hydrogen (secondary N) is 2. The van der Waals surface area contributed by atoms with Gasteiger partial charge in [0.1, 0.15) is 0 Å². The molecule has 1 saturated heterocycles. The number of carbonyl (C=O) groups excluding carboxylic acids is 1. The molecule has 0 atom stereocenters. The molecule has 92 valence electrons. The largest absolute Gasteiger partial charge is 0.336 e. The van der Waals surface area contributed by atoms with Gasteiger partial charge in [0, 0.05) is 31.7 Å². The van der Waals surface area contributed by atoms with Crippen LogP contribution >= 0.6 is 0 Å². The van der Waals surface area contributed by atoms with Gasteiger partial charge in [-0.15, -0.1) is 6.58 Å². The van der Waals surface area contributed by atoms with Gasteiger partial charge in [-0.05, 0) is 26.7 Å². The summed E-state index contributed by atoms with van der Waals surface area (Å²) < 4.78 is 0. The number of urea groups is 1. The molecule has 0 radical (unpaired) electrons. The molecule has 2 amide bonds. The van der Waals surface area contributed by atoms with E-state index in [0.29, 0.717) is 6.04 Å². The minimum atomic E-state index is -0.0443. The van der Waals surface area contributed by atoms with E-state index in [2.05, 4.69) is 22.1 Å². The molecule has 2 N–H and O–H groups in total. The highest BCUT2D eigenvalue weighted by molar-refractivity contribution is 5.74. The highest BCUT2D eigenvalue weighted by atomic mass is 16.2. The van der Waals surface area contributed by atoms with Crippen LogP contribution in [0, 0.1) is 0 Å². The van der Waals surface area contributed by atoms with E-state index in [0.717, 1.165) is 32.5 Å². The van der Waals surface area contributed by atoms with Crippen LogP contribution in [-0.4, -0.2) is 42.6 Å². The maximum Gasteiger partial charge on any atom is 0.315 e. The molecule has 4 heteroatoms. The van der Waals surface area contributed by atoms with E-state index in [1.165, 1.54) is 0 Å². The molecule has 0 bridgehead atoms. The Balaban J connectivity index is 2.21. The number of carbonyl (C=O) groups is 1. The van der Waals surface area contributed by atoms with Crippen molar-refractivity contribution in [1.29, 1.82) is 0 Å². The highest BCUT2D eigenvalue weighted by Gasteiger charge is 2.19. The van der Waals surface area contributed by atoms with E-state index in [9.17, 15) is 4.79 Å². The summed E-state index contributed by atoms with van der Waals surface area (Å²) in [5.41, 5.74) is 0. The number of piperidine rings is 1. The Bertz CT molecular complexity index is 232. The molecule has 1 rings (SSSR count). The highest BCUT2D eigenvalue weighted by Crippen LogP contribution is 2.09. The SMILES string of the molecule is C=CCN1CCC(NC(=O)NC(C)C)CC1. The van der Waals surface area contributed by atoms with Crippen LogP contribution in [0.15, 0.2) is 12.7 Å². The van der Waals surface area contributed by atoms with Gasteiger partial charge in [0.25, 0.3) is 0 Å². The van der Waals surface area contributed by atoms with E-state index >= 15 is 0 Å². The minimum Gasteiger partial charge on any atom is -0.336 e. The smallest absolute Gasteiger partial charge is 0.315 e. The fraction of sp³-hybridized carbons (Fsp3) is 0.750. The molecule has 1 aliphatic rings. The Morgan fingerprint density at radius 1 is 1.50 bits per heavy atom. The summed E-state index contributed by atoms with van der Waals surface area (Å²) in [5, 5.41) is 5.86. The lowest BCUT2D eigenvalue weighted by atomic mass is 10.1. The zero-order valence-corrected chi connectivity index (χ0v) is 10.3. The second-order valence-electron chi connectivity index (χ2n) is 4.64. The third kappa shape index (κ3) is 4.66. The van der Waals surface area contributed by atoms with Crippen LogP contribution in [0.2, 0.25) is 0 Å². The quantitative estimate of drug-likeness (QED) is 0.709. The number of amides is 2. The summed E-state index contributed by atoms with van der Waals surface area (Å²) in [7, 11) is 0. The van der Waals surface area contributed by atoms with Crippen molar-refractivity contribution in [2.24, 2.45) is 0 Å². The van der Waals surface area contributed by atoms with Crippen molar-refractivity contribution < 1.29 is 4.79 Å². The number of hydrogen-bond acceptors (Lipinski definition) is 2. The number of nitrogens with zero attached hydrogens (tertiary/aromatic N) is 1. The lowest BCUT2D eigenvalue weighted by Gasteiger charge is -2.31. The fourth-order valence-corrected chi connectivity index (χ4v) is 1.93. The molecule has 0 unspecified atom stereocenters. The Morgan fingerprint density at radius 3 is 2.62 bits per heavy atom. The summed E-state index contributed by atoms with van der Waals surface area (Å²) in [4.78, 5) is 13.8. The normalized spacial score (nSPS) is 18.4. The van der Waals surface area contributed by atoms with Crippen molar-refractivity contribution >= 4 is 6.03 Å². The van der Waals surface area contributed by atoms with E-state index in [1.807, 2.05) is 19.9 Å². The first kappa shape index (κ1) is 13.0. The van der Waals surface area contributed by atoms with Crippen LogP contribution in [0.5, 0.6) is 0 Å². The van der Waals surface area contributed by atoms with Crippen LogP contribution in [0.4, 0.5) is 4.79 Å². The van der Waals surface area contributed by atoms with Crippen LogP contribution in [0.1, 0.15) is 26.7 Å². The van der Waals surface area contributed by atoms with Crippen LogP contribution < -0.4 is 10.6 Å². The second-order valence-corrected chi connectivity index (χ2v) is 4.64. The Morgan fingerprint density at radius 2 is 2.12 bits per heavy atom. The first-order valence-electron chi connectivity index (χ1n) is 6.02. The van der Waals surface area contributed by atoms with Crippen molar-refractivity contribution in [2.75, 3.05) is 19.6 Å². The zero-order valence-electron chi connectivity index (χ0n) is 10.3. The van der Waals surface area contributed by atoms with Crippen molar-refractivity contribution in [2.45, 2.75) is 38.8 Å². The second kappa shape index (κ2) is 6.53. The molecule has 4 nitrogen and oxygen atoms in total. The van der Waals surface area contributed by atoms with E-state index in [4.69, 9.17) is 0 Å². The Labute approximate surface area is 98.1 Å². The topological polar surface area (TPSA) is 44.4 Å². The van der Waals surface area contributed by atoms with Gasteiger partial charge in [0.15, 0.2) is 0 Å². The van der Waals surface area contributed by atoms with Gasteiger partial charge in [0.2, 0.25) is 0 Å². The van der Waals surface area contributed by atoms with Crippen molar-refractivity contribution in [3.63, 3.8) is 0 Å². The average Bonchev–Trinajstić information content (AvgIpc) is 2.20. The van der Waals surface area contributed by atoms with Gasteiger partial charge in [-0.3, -0.25) is 4.90 Å². The molecule has 0 aromatic carbocycles. The zero-order chi connectivity index (χ0) is 12.0. The maximum absolute atomic E-state index is 11.5. The Hall–Kier alpha value is -1.03. The first-order valence-corrected chi connectivity index (χ1v) is 6.02. The molecule has 0 aromatic rings. The number of likely N-dealkylation sites (tertiary alicyclic amines) is 1. The number of hydrogen-bond donors (Lipinski definition) is 2. The molecule has 0 aliphatic carbocycles. The monoisotopic (exact) mass is 225 g/mol. The summed E-state index contributed by atoms with van der Waals surface area (Å²) in [6.07, 6.45) is 3.98. The maximum atomic E-state index is 11.5. The molecule has 1 heterocycles. The van der Waals surface area contributed by atoms with Gasteiger partial charge in [-0.2, -0.15) is 0 Å². The van der Waals surface area contributed by atoms with E-state index in [-0.39, 0.29) is 12.1 Å². The van der Waals surface area contributed by atoms with Gasteiger partial charge in [0.05, 0.1) is 0 Å². The first-order chi connectivity index (χ1) is 7.61.